The van der Waals surface area contributed by atoms with Gasteiger partial charge in [-0.15, -0.1) is 0 Å². The number of rotatable bonds is 9. The highest BCUT2D eigenvalue weighted by Gasteiger charge is 2.31. The smallest absolute Gasteiger partial charge is 0.416 e. The number of hydrogen-bond acceptors (Lipinski definition) is 7. The summed E-state index contributed by atoms with van der Waals surface area (Å²) in [6.07, 6.45) is -3.82. The van der Waals surface area contributed by atoms with Crippen LogP contribution in [-0.2, 0) is 6.18 Å². The van der Waals surface area contributed by atoms with Crippen molar-refractivity contribution < 1.29 is 36.7 Å². The maximum atomic E-state index is 12.8. The first-order chi connectivity index (χ1) is 16.6. The van der Waals surface area contributed by atoms with Gasteiger partial charge in [-0.05, 0) is 42.3 Å². The summed E-state index contributed by atoms with van der Waals surface area (Å²) in [6.45, 7) is 3.82. The number of aromatic nitrogens is 2. The van der Waals surface area contributed by atoms with Crippen molar-refractivity contribution in [1.82, 2.24) is 15.5 Å². The number of amides is 1. The zero-order valence-corrected chi connectivity index (χ0v) is 19.9. The van der Waals surface area contributed by atoms with E-state index in [1.54, 1.807) is 12.1 Å². The molecule has 2 aromatic carbocycles. The molecule has 1 aromatic heterocycles. The lowest BCUT2D eigenvalue weighted by Gasteiger charge is -2.21. The number of methoxy groups -OCH3 is 3. The predicted molar refractivity (Wildman–Crippen MR) is 120 cm³/mol. The van der Waals surface area contributed by atoms with Gasteiger partial charge in [0.1, 0.15) is 6.04 Å². The molecule has 0 aliphatic heterocycles. The lowest BCUT2D eigenvalue weighted by atomic mass is 9.98. The Balaban J connectivity index is 1.89. The number of hydrogen-bond donors (Lipinski definition) is 1. The minimum absolute atomic E-state index is 0.0793. The number of halogens is 3. The van der Waals surface area contributed by atoms with Crippen LogP contribution in [0, 0.1) is 5.92 Å². The number of benzene rings is 2. The molecule has 35 heavy (non-hydrogen) atoms. The fourth-order valence-electron chi connectivity index (χ4n) is 3.41. The minimum atomic E-state index is -4.48. The molecule has 0 saturated carbocycles. The zero-order chi connectivity index (χ0) is 25.8. The highest BCUT2D eigenvalue weighted by atomic mass is 19.4. The Labute approximate surface area is 200 Å². The summed E-state index contributed by atoms with van der Waals surface area (Å²) in [4.78, 5) is 17.3. The number of carbonyl (C=O) groups is 1. The van der Waals surface area contributed by atoms with Gasteiger partial charge < -0.3 is 24.1 Å². The molecule has 3 aromatic rings. The minimum Gasteiger partial charge on any atom is -0.493 e. The fourth-order valence-corrected chi connectivity index (χ4v) is 3.41. The van der Waals surface area contributed by atoms with Gasteiger partial charge in [0.2, 0.25) is 17.5 Å². The van der Waals surface area contributed by atoms with Gasteiger partial charge in [-0.1, -0.05) is 25.4 Å². The summed E-state index contributed by atoms with van der Waals surface area (Å²) in [7, 11) is 4.46. The Morgan fingerprint density at radius 3 is 2.14 bits per heavy atom. The van der Waals surface area contributed by atoms with Crippen LogP contribution < -0.4 is 19.5 Å². The summed E-state index contributed by atoms with van der Waals surface area (Å²) in [5.74, 6) is 0.936. The number of alkyl halides is 3. The van der Waals surface area contributed by atoms with Crippen molar-refractivity contribution in [3.8, 4) is 28.6 Å². The molecular formula is C24H26F3N3O5. The van der Waals surface area contributed by atoms with E-state index in [4.69, 9.17) is 18.7 Å². The molecule has 0 spiro atoms. The van der Waals surface area contributed by atoms with Crippen molar-refractivity contribution in [3.63, 3.8) is 0 Å². The number of ether oxygens (including phenoxy) is 3. The molecule has 1 N–H and O–H groups in total. The molecule has 1 heterocycles. The number of nitrogens with one attached hydrogen (secondary N) is 1. The van der Waals surface area contributed by atoms with Crippen molar-refractivity contribution in [3.05, 3.63) is 53.4 Å². The van der Waals surface area contributed by atoms with E-state index in [1.807, 2.05) is 13.8 Å². The highest BCUT2D eigenvalue weighted by molar-refractivity contribution is 5.94. The lowest BCUT2D eigenvalue weighted by molar-refractivity contribution is -0.137. The quantitative estimate of drug-likeness (QED) is 0.432. The average Bonchev–Trinajstić information content (AvgIpc) is 3.35. The van der Waals surface area contributed by atoms with Crippen LogP contribution in [0.5, 0.6) is 17.2 Å². The van der Waals surface area contributed by atoms with Crippen molar-refractivity contribution in [2.45, 2.75) is 32.5 Å². The van der Waals surface area contributed by atoms with Crippen LogP contribution in [0.4, 0.5) is 13.2 Å². The van der Waals surface area contributed by atoms with E-state index in [2.05, 4.69) is 15.5 Å². The van der Waals surface area contributed by atoms with Gasteiger partial charge >= 0.3 is 6.18 Å². The summed E-state index contributed by atoms with van der Waals surface area (Å²) in [6, 6.07) is 6.63. The molecule has 0 fully saturated rings. The molecule has 8 nitrogen and oxygen atoms in total. The molecule has 0 saturated heterocycles. The third kappa shape index (κ3) is 5.67. The first-order valence-electron chi connectivity index (χ1n) is 10.7. The molecule has 2 atom stereocenters. The second-order valence-corrected chi connectivity index (χ2v) is 7.78. The normalized spacial score (nSPS) is 13.1. The van der Waals surface area contributed by atoms with E-state index in [9.17, 15) is 18.0 Å². The third-order valence-corrected chi connectivity index (χ3v) is 5.60. The Morgan fingerprint density at radius 2 is 1.66 bits per heavy atom. The van der Waals surface area contributed by atoms with Gasteiger partial charge in [0.05, 0.1) is 26.9 Å². The van der Waals surface area contributed by atoms with Gasteiger partial charge in [0.25, 0.3) is 5.91 Å². The maximum Gasteiger partial charge on any atom is 0.416 e. The Morgan fingerprint density at radius 1 is 1.06 bits per heavy atom. The molecule has 0 aliphatic rings. The topological polar surface area (TPSA) is 95.7 Å². The summed E-state index contributed by atoms with van der Waals surface area (Å²) < 4.78 is 60.0. The van der Waals surface area contributed by atoms with E-state index in [-0.39, 0.29) is 23.2 Å². The summed E-state index contributed by atoms with van der Waals surface area (Å²) >= 11 is 0. The summed E-state index contributed by atoms with van der Waals surface area (Å²) in [5, 5.41) is 6.84. The Hall–Kier alpha value is -3.76. The van der Waals surface area contributed by atoms with Crippen molar-refractivity contribution in [2.24, 2.45) is 5.92 Å². The number of carbonyl (C=O) groups excluding carboxylic acids is 1. The number of nitrogens with zero attached hydrogens (tertiary/aromatic N) is 2. The van der Waals surface area contributed by atoms with E-state index >= 15 is 0 Å². The summed E-state index contributed by atoms with van der Waals surface area (Å²) in [5.41, 5.74) is -0.221. The largest absolute Gasteiger partial charge is 0.493 e. The lowest BCUT2D eigenvalue weighted by Crippen LogP contribution is -2.32. The van der Waals surface area contributed by atoms with Crippen molar-refractivity contribution >= 4 is 5.91 Å². The van der Waals surface area contributed by atoms with Crippen LogP contribution in [0.1, 0.15) is 48.1 Å². The molecule has 0 radical (unpaired) electrons. The second-order valence-electron chi connectivity index (χ2n) is 7.78. The first kappa shape index (κ1) is 25.9. The van der Waals surface area contributed by atoms with Gasteiger partial charge in [0, 0.05) is 11.1 Å². The van der Waals surface area contributed by atoms with Crippen LogP contribution >= 0.6 is 0 Å². The molecule has 11 heteroatoms. The van der Waals surface area contributed by atoms with Crippen LogP contribution in [0.15, 0.2) is 40.9 Å². The Bertz CT molecular complexity index is 1140. The van der Waals surface area contributed by atoms with E-state index < -0.39 is 23.7 Å². The van der Waals surface area contributed by atoms with E-state index in [0.29, 0.717) is 29.2 Å². The molecule has 1 amide bonds. The molecule has 0 aliphatic carbocycles. The van der Waals surface area contributed by atoms with Crippen LogP contribution in [0.3, 0.4) is 0 Å². The second kappa shape index (κ2) is 10.7. The van der Waals surface area contributed by atoms with Gasteiger partial charge in [0.15, 0.2) is 11.5 Å². The maximum absolute atomic E-state index is 12.8. The van der Waals surface area contributed by atoms with Gasteiger partial charge in [-0.2, -0.15) is 18.2 Å². The van der Waals surface area contributed by atoms with Crippen LogP contribution in [0.2, 0.25) is 0 Å². The zero-order valence-electron chi connectivity index (χ0n) is 19.9. The highest BCUT2D eigenvalue weighted by Crippen LogP contribution is 2.41. The first-order valence-corrected chi connectivity index (χ1v) is 10.7. The van der Waals surface area contributed by atoms with Crippen LogP contribution in [-0.4, -0.2) is 37.4 Å². The van der Waals surface area contributed by atoms with Gasteiger partial charge in [-0.25, -0.2) is 0 Å². The Kier molecular flexibility index (Phi) is 7.88. The third-order valence-electron chi connectivity index (χ3n) is 5.60. The standard InChI is InChI=1S/C24H26F3N3O5/c1-6-13(2)19(28-22(31)14-7-9-16(10-8-14)24(25,26)27)23-29-21(30-35-23)15-11-17(32-3)20(34-5)18(12-15)33-4/h7-13,19H,6H2,1-5H3,(H,28,31)/t13-,19-/m1/s1. The van der Waals surface area contributed by atoms with Crippen molar-refractivity contribution in [1.29, 1.82) is 0 Å². The molecule has 0 unspecified atom stereocenters. The molecular weight excluding hydrogens is 467 g/mol. The monoisotopic (exact) mass is 493 g/mol. The molecule has 0 bridgehead atoms. The van der Waals surface area contributed by atoms with Crippen LogP contribution in [0.25, 0.3) is 11.4 Å². The SMILES string of the molecule is CC[C@@H](C)[C@@H](NC(=O)c1ccc(C(F)(F)F)cc1)c1nc(-c2cc(OC)c(OC)c(OC)c2)no1. The average molecular weight is 493 g/mol. The predicted octanol–water partition coefficient (Wildman–Crippen LogP) is 5.30. The van der Waals surface area contributed by atoms with Gasteiger partial charge in [-0.3, -0.25) is 4.79 Å². The van der Waals surface area contributed by atoms with E-state index in [0.717, 1.165) is 24.3 Å². The molecule has 188 valence electrons. The molecule has 3 rings (SSSR count). The fraction of sp³-hybridized carbons (Fsp3) is 0.375. The van der Waals surface area contributed by atoms with E-state index in [1.165, 1.54) is 21.3 Å². The van der Waals surface area contributed by atoms with Crippen molar-refractivity contribution in [2.75, 3.05) is 21.3 Å².